The highest BCUT2D eigenvalue weighted by atomic mass is 16.1. The van der Waals surface area contributed by atoms with Crippen LogP contribution in [0.4, 0.5) is 0 Å². The Morgan fingerprint density at radius 2 is 2.08 bits per heavy atom. The van der Waals surface area contributed by atoms with E-state index in [1.807, 2.05) is 0 Å². The van der Waals surface area contributed by atoms with E-state index >= 15 is 0 Å². The minimum atomic E-state index is 0.213. The van der Waals surface area contributed by atoms with Crippen molar-refractivity contribution in [2.24, 2.45) is 0 Å². The zero-order chi connectivity index (χ0) is 8.81. The Kier molecular flexibility index (Phi) is 4.08. The Morgan fingerprint density at radius 3 is 2.92 bits per heavy atom. The number of hydrogen-bond acceptors (Lipinski definition) is 2. The molecule has 1 amide bonds. The van der Waals surface area contributed by atoms with Crippen molar-refractivity contribution >= 4 is 5.91 Å². The molecular formula is C9H18N2O. The van der Waals surface area contributed by atoms with E-state index in [4.69, 9.17) is 0 Å². The van der Waals surface area contributed by atoms with Crippen LogP contribution in [0.5, 0.6) is 0 Å². The van der Waals surface area contributed by atoms with Crippen molar-refractivity contribution in [2.75, 3.05) is 26.7 Å². The molecule has 0 aromatic carbocycles. The zero-order valence-electron chi connectivity index (χ0n) is 7.81. The highest BCUT2D eigenvalue weighted by Crippen LogP contribution is 2.02. The number of rotatable bonds is 0. The fourth-order valence-corrected chi connectivity index (χ4v) is 1.43. The van der Waals surface area contributed by atoms with Gasteiger partial charge in [0.1, 0.15) is 0 Å². The Bertz CT molecular complexity index is 147. The molecule has 1 rings (SSSR count). The van der Waals surface area contributed by atoms with Gasteiger partial charge in [-0.15, -0.1) is 0 Å². The third-order valence-electron chi connectivity index (χ3n) is 2.26. The van der Waals surface area contributed by atoms with Crippen molar-refractivity contribution in [3.05, 3.63) is 0 Å². The molecule has 0 unspecified atom stereocenters. The summed E-state index contributed by atoms with van der Waals surface area (Å²) in [4.78, 5) is 13.3. The van der Waals surface area contributed by atoms with Crippen molar-refractivity contribution < 1.29 is 4.79 Å². The number of amides is 1. The van der Waals surface area contributed by atoms with Crippen LogP contribution in [-0.2, 0) is 4.79 Å². The van der Waals surface area contributed by atoms with Crippen molar-refractivity contribution in [3.63, 3.8) is 0 Å². The van der Waals surface area contributed by atoms with Gasteiger partial charge in [-0.25, -0.2) is 0 Å². The smallest absolute Gasteiger partial charge is 0.220 e. The molecule has 0 aliphatic carbocycles. The molecule has 12 heavy (non-hydrogen) atoms. The summed E-state index contributed by atoms with van der Waals surface area (Å²) < 4.78 is 0. The topological polar surface area (TPSA) is 32.3 Å². The zero-order valence-corrected chi connectivity index (χ0v) is 7.81. The molecule has 0 atom stereocenters. The van der Waals surface area contributed by atoms with E-state index in [1.54, 1.807) is 0 Å². The van der Waals surface area contributed by atoms with Crippen LogP contribution in [0.25, 0.3) is 0 Å². The van der Waals surface area contributed by atoms with Crippen LogP contribution in [0.3, 0.4) is 0 Å². The van der Waals surface area contributed by atoms with E-state index in [-0.39, 0.29) is 5.91 Å². The summed E-state index contributed by atoms with van der Waals surface area (Å²) in [5, 5.41) is 2.90. The highest BCUT2D eigenvalue weighted by Gasteiger charge is 2.04. The van der Waals surface area contributed by atoms with Crippen LogP contribution in [-0.4, -0.2) is 37.5 Å². The first kappa shape index (κ1) is 9.52. The fourth-order valence-electron chi connectivity index (χ4n) is 1.43. The van der Waals surface area contributed by atoms with E-state index < -0.39 is 0 Å². The number of nitrogens with one attached hydrogen (secondary N) is 1. The molecule has 3 nitrogen and oxygen atoms in total. The first-order chi connectivity index (χ1) is 5.79. The second-order valence-corrected chi connectivity index (χ2v) is 3.46. The van der Waals surface area contributed by atoms with Crippen molar-refractivity contribution in [3.8, 4) is 0 Å². The van der Waals surface area contributed by atoms with Gasteiger partial charge >= 0.3 is 0 Å². The van der Waals surface area contributed by atoms with Crippen LogP contribution in [0.1, 0.15) is 25.7 Å². The second kappa shape index (κ2) is 5.14. The van der Waals surface area contributed by atoms with Gasteiger partial charge in [0.2, 0.25) is 5.91 Å². The highest BCUT2D eigenvalue weighted by molar-refractivity contribution is 5.75. The molecule has 70 valence electrons. The SMILES string of the molecule is CN1CCCCCC(=O)NCC1. The number of nitrogens with zero attached hydrogens (tertiary/aromatic N) is 1. The van der Waals surface area contributed by atoms with Gasteiger partial charge in [0.05, 0.1) is 0 Å². The van der Waals surface area contributed by atoms with E-state index in [9.17, 15) is 4.79 Å². The summed E-state index contributed by atoms with van der Waals surface area (Å²) in [7, 11) is 2.10. The average molecular weight is 170 g/mol. The lowest BCUT2D eigenvalue weighted by molar-refractivity contribution is -0.121. The largest absolute Gasteiger partial charge is 0.355 e. The Balaban J connectivity index is 2.26. The summed E-state index contributed by atoms with van der Waals surface area (Å²) in [6.07, 6.45) is 4.16. The van der Waals surface area contributed by atoms with Gasteiger partial charge in [-0.2, -0.15) is 0 Å². The first-order valence-electron chi connectivity index (χ1n) is 4.74. The predicted octanol–water partition coefficient (Wildman–Crippen LogP) is 0.608. The molecule has 1 fully saturated rings. The Labute approximate surface area is 74.1 Å². The molecule has 1 N–H and O–H groups in total. The first-order valence-corrected chi connectivity index (χ1v) is 4.74. The second-order valence-electron chi connectivity index (χ2n) is 3.46. The lowest BCUT2D eigenvalue weighted by Crippen LogP contribution is -2.34. The van der Waals surface area contributed by atoms with E-state index in [1.165, 1.54) is 12.8 Å². The summed E-state index contributed by atoms with van der Waals surface area (Å²) in [5.74, 6) is 0.213. The van der Waals surface area contributed by atoms with Gasteiger partial charge in [0.25, 0.3) is 0 Å². The number of hydrogen-bond donors (Lipinski definition) is 1. The van der Waals surface area contributed by atoms with E-state index in [2.05, 4.69) is 17.3 Å². The Hall–Kier alpha value is -0.570. The Morgan fingerprint density at radius 1 is 1.25 bits per heavy atom. The lowest BCUT2D eigenvalue weighted by atomic mass is 10.1. The van der Waals surface area contributed by atoms with Crippen molar-refractivity contribution in [1.29, 1.82) is 0 Å². The fraction of sp³-hybridized carbons (Fsp3) is 0.889. The maximum Gasteiger partial charge on any atom is 0.220 e. The molecule has 1 aliphatic heterocycles. The van der Waals surface area contributed by atoms with Gasteiger partial charge in [-0.3, -0.25) is 4.79 Å². The summed E-state index contributed by atoms with van der Waals surface area (Å²) in [5.41, 5.74) is 0. The molecule has 0 radical (unpaired) electrons. The van der Waals surface area contributed by atoms with E-state index in [0.717, 1.165) is 26.1 Å². The third-order valence-corrected chi connectivity index (χ3v) is 2.26. The molecule has 0 aromatic rings. The maximum atomic E-state index is 11.1. The van der Waals surface area contributed by atoms with Gasteiger partial charge < -0.3 is 10.2 Å². The van der Waals surface area contributed by atoms with Gasteiger partial charge in [0, 0.05) is 19.5 Å². The van der Waals surface area contributed by atoms with Crippen LogP contribution in [0.15, 0.2) is 0 Å². The molecule has 1 saturated heterocycles. The standard InChI is InChI=1S/C9H18N2O/c1-11-7-4-2-3-5-9(12)10-6-8-11/h2-8H2,1H3,(H,10,12). The number of likely N-dealkylation sites (N-methyl/N-ethyl adjacent to an activating group) is 1. The summed E-state index contributed by atoms with van der Waals surface area (Å²) >= 11 is 0. The van der Waals surface area contributed by atoms with Crippen molar-refractivity contribution in [2.45, 2.75) is 25.7 Å². The monoisotopic (exact) mass is 170 g/mol. The molecule has 1 aliphatic rings. The normalized spacial score (nSPS) is 23.2. The summed E-state index contributed by atoms with van der Waals surface area (Å²) in [6, 6.07) is 0. The number of carbonyl (C=O) groups is 1. The molecule has 3 heteroatoms. The van der Waals surface area contributed by atoms with Crippen LogP contribution in [0.2, 0.25) is 0 Å². The van der Waals surface area contributed by atoms with Crippen LogP contribution >= 0.6 is 0 Å². The number of carbonyl (C=O) groups excluding carboxylic acids is 1. The molecule has 0 spiro atoms. The summed E-state index contributed by atoms with van der Waals surface area (Å²) in [6.45, 7) is 2.94. The molecule has 0 aromatic heterocycles. The molecular weight excluding hydrogens is 152 g/mol. The molecule has 1 heterocycles. The minimum absolute atomic E-state index is 0.213. The van der Waals surface area contributed by atoms with E-state index in [0.29, 0.717) is 6.42 Å². The van der Waals surface area contributed by atoms with Crippen LogP contribution in [0, 0.1) is 0 Å². The average Bonchev–Trinajstić information content (AvgIpc) is 2.04. The predicted molar refractivity (Wildman–Crippen MR) is 49.0 cm³/mol. The minimum Gasteiger partial charge on any atom is -0.355 e. The lowest BCUT2D eigenvalue weighted by Gasteiger charge is -2.18. The quantitative estimate of drug-likeness (QED) is 0.577. The molecule has 0 bridgehead atoms. The van der Waals surface area contributed by atoms with Gasteiger partial charge in [-0.05, 0) is 26.4 Å². The third kappa shape index (κ3) is 3.72. The molecule has 0 saturated carbocycles. The van der Waals surface area contributed by atoms with Crippen LogP contribution < -0.4 is 5.32 Å². The van der Waals surface area contributed by atoms with Crippen molar-refractivity contribution in [1.82, 2.24) is 10.2 Å². The van der Waals surface area contributed by atoms with Gasteiger partial charge in [-0.1, -0.05) is 6.42 Å². The maximum absolute atomic E-state index is 11.1. The van der Waals surface area contributed by atoms with Gasteiger partial charge in [0.15, 0.2) is 0 Å².